The Morgan fingerprint density at radius 2 is 2.25 bits per heavy atom. The summed E-state index contributed by atoms with van der Waals surface area (Å²) in [5, 5.41) is 1.14. The Kier molecular flexibility index (Phi) is 3.27. The first-order chi connectivity index (χ1) is 9.60. The smallest absolute Gasteiger partial charge is 0.349 e. The van der Waals surface area contributed by atoms with Crippen LogP contribution in [0.2, 0.25) is 5.02 Å². The van der Waals surface area contributed by atoms with Gasteiger partial charge in [0.15, 0.2) is 11.5 Å². The van der Waals surface area contributed by atoms with E-state index in [4.69, 9.17) is 25.8 Å². The van der Waals surface area contributed by atoms with Crippen LogP contribution in [0, 0.1) is 6.92 Å². The number of aryl methyl sites for hydroxylation is 1. The third-order valence-corrected chi connectivity index (χ3v) is 4.31. The molecule has 2 heterocycles. The van der Waals surface area contributed by atoms with Crippen molar-refractivity contribution in [3.63, 3.8) is 0 Å². The van der Waals surface area contributed by atoms with Gasteiger partial charge in [0.25, 0.3) is 0 Å². The molecule has 0 aliphatic carbocycles. The van der Waals surface area contributed by atoms with E-state index in [0.717, 1.165) is 5.56 Å². The van der Waals surface area contributed by atoms with Gasteiger partial charge >= 0.3 is 5.97 Å². The fourth-order valence-corrected chi connectivity index (χ4v) is 3.13. The summed E-state index contributed by atoms with van der Waals surface area (Å²) in [5.41, 5.74) is 1.41. The second kappa shape index (κ2) is 4.96. The van der Waals surface area contributed by atoms with Gasteiger partial charge in [-0.05, 0) is 19.1 Å². The Hall–Kier alpha value is -1.79. The molecule has 0 fully saturated rings. The van der Waals surface area contributed by atoms with Crippen LogP contribution >= 0.6 is 22.9 Å². The molecule has 0 N–H and O–H groups in total. The first-order valence-corrected chi connectivity index (χ1v) is 6.95. The molecular formula is C13H10ClNO4S. The molecule has 1 aliphatic rings. The van der Waals surface area contributed by atoms with E-state index in [1.54, 1.807) is 19.1 Å². The average Bonchev–Trinajstić information content (AvgIpc) is 3.04. The molecule has 0 unspecified atom stereocenters. The lowest BCUT2D eigenvalue weighted by Gasteiger charge is -2.02. The fraction of sp³-hybridized carbons (Fsp3) is 0.231. The number of fused-ring (bicyclic) bond motifs is 1. The number of carbonyl (C=O) groups excluding carboxylic acids is 1. The maximum atomic E-state index is 11.6. The predicted molar refractivity (Wildman–Crippen MR) is 74.8 cm³/mol. The number of aromatic nitrogens is 1. The van der Waals surface area contributed by atoms with Crippen LogP contribution in [0.5, 0.6) is 11.5 Å². The Morgan fingerprint density at radius 1 is 1.45 bits per heavy atom. The van der Waals surface area contributed by atoms with Gasteiger partial charge < -0.3 is 14.2 Å². The summed E-state index contributed by atoms with van der Waals surface area (Å²) in [5.74, 6) is 0.731. The van der Waals surface area contributed by atoms with Crippen LogP contribution in [-0.4, -0.2) is 24.9 Å². The molecule has 1 aromatic heterocycles. The van der Waals surface area contributed by atoms with Crippen LogP contribution in [0.3, 0.4) is 0 Å². The van der Waals surface area contributed by atoms with Crippen molar-refractivity contribution in [2.45, 2.75) is 6.92 Å². The number of rotatable bonds is 2. The molecule has 1 aliphatic heterocycles. The Bertz CT molecular complexity index is 698. The Labute approximate surface area is 124 Å². The molecule has 0 bridgehead atoms. The number of halogens is 1. The summed E-state index contributed by atoms with van der Waals surface area (Å²) in [6, 6.07) is 3.54. The summed E-state index contributed by atoms with van der Waals surface area (Å²) in [6.07, 6.45) is 0. The van der Waals surface area contributed by atoms with Gasteiger partial charge in [0.05, 0.1) is 17.8 Å². The van der Waals surface area contributed by atoms with Crippen LogP contribution in [0.4, 0.5) is 0 Å². The van der Waals surface area contributed by atoms with Gasteiger partial charge in [0.2, 0.25) is 6.79 Å². The minimum atomic E-state index is -0.391. The maximum Gasteiger partial charge on any atom is 0.349 e. The number of methoxy groups -OCH3 is 1. The second-order valence-corrected chi connectivity index (χ2v) is 5.52. The van der Waals surface area contributed by atoms with Crippen molar-refractivity contribution < 1.29 is 19.0 Å². The Balaban J connectivity index is 2.06. The zero-order valence-electron chi connectivity index (χ0n) is 10.7. The van der Waals surface area contributed by atoms with Crippen LogP contribution in [-0.2, 0) is 4.74 Å². The molecule has 3 rings (SSSR count). The molecule has 5 nitrogen and oxygen atoms in total. The number of hydrogen-bond acceptors (Lipinski definition) is 6. The van der Waals surface area contributed by atoms with Crippen molar-refractivity contribution in [3.05, 3.63) is 27.7 Å². The van der Waals surface area contributed by atoms with E-state index in [1.807, 2.05) is 0 Å². The standard InChI is InChI=1S/C13H10ClNO4S/c1-6-11(13(16)17-2)20-12(15-6)7-3-8(14)10-9(4-7)18-5-19-10/h3-4H,5H2,1-2H3. The molecule has 0 saturated heterocycles. The van der Waals surface area contributed by atoms with Crippen molar-refractivity contribution in [1.29, 1.82) is 0 Å². The molecule has 0 amide bonds. The van der Waals surface area contributed by atoms with Gasteiger partial charge in [0.1, 0.15) is 9.88 Å². The quantitative estimate of drug-likeness (QED) is 0.797. The number of carbonyl (C=O) groups is 1. The molecule has 1 aromatic carbocycles. The lowest BCUT2D eigenvalue weighted by Crippen LogP contribution is -1.99. The van der Waals surface area contributed by atoms with E-state index in [-0.39, 0.29) is 6.79 Å². The highest BCUT2D eigenvalue weighted by molar-refractivity contribution is 7.17. The molecule has 0 saturated carbocycles. The number of esters is 1. The lowest BCUT2D eigenvalue weighted by atomic mass is 10.2. The molecule has 0 atom stereocenters. The number of ether oxygens (including phenoxy) is 3. The summed E-state index contributed by atoms with van der Waals surface area (Å²) in [6.45, 7) is 1.92. The molecule has 20 heavy (non-hydrogen) atoms. The minimum absolute atomic E-state index is 0.156. The first-order valence-electron chi connectivity index (χ1n) is 5.75. The molecule has 0 radical (unpaired) electrons. The Morgan fingerprint density at radius 3 is 3.00 bits per heavy atom. The third-order valence-electron chi connectivity index (χ3n) is 2.84. The highest BCUT2D eigenvalue weighted by atomic mass is 35.5. The van der Waals surface area contributed by atoms with Crippen LogP contribution in [0.25, 0.3) is 10.6 Å². The largest absolute Gasteiger partial charge is 0.465 e. The summed E-state index contributed by atoms with van der Waals surface area (Å²) < 4.78 is 15.3. The van der Waals surface area contributed by atoms with Gasteiger partial charge in [-0.25, -0.2) is 9.78 Å². The van der Waals surface area contributed by atoms with Crippen molar-refractivity contribution in [2.75, 3.05) is 13.9 Å². The normalized spacial score (nSPS) is 12.6. The highest BCUT2D eigenvalue weighted by Crippen LogP contribution is 2.43. The number of nitrogens with zero attached hydrogens (tertiary/aromatic N) is 1. The van der Waals surface area contributed by atoms with Crippen molar-refractivity contribution in [2.24, 2.45) is 0 Å². The zero-order valence-corrected chi connectivity index (χ0v) is 12.3. The second-order valence-electron chi connectivity index (χ2n) is 4.12. The summed E-state index contributed by atoms with van der Waals surface area (Å²) in [4.78, 5) is 16.5. The number of thiazole rings is 1. The molecule has 104 valence electrons. The summed E-state index contributed by atoms with van der Waals surface area (Å²) >= 11 is 7.40. The topological polar surface area (TPSA) is 57.7 Å². The van der Waals surface area contributed by atoms with Gasteiger partial charge in [-0.3, -0.25) is 0 Å². The van der Waals surface area contributed by atoms with Crippen LogP contribution < -0.4 is 9.47 Å². The number of hydrogen-bond donors (Lipinski definition) is 0. The maximum absolute atomic E-state index is 11.6. The molecule has 7 heteroatoms. The van der Waals surface area contributed by atoms with E-state index >= 15 is 0 Å². The van der Waals surface area contributed by atoms with Crippen LogP contribution in [0.15, 0.2) is 12.1 Å². The van der Waals surface area contributed by atoms with Crippen molar-refractivity contribution >= 4 is 28.9 Å². The molecular weight excluding hydrogens is 302 g/mol. The van der Waals surface area contributed by atoms with E-state index in [2.05, 4.69) is 4.98 Å². The predicted octanol–water partition coefficient (Wildman–Crippen LogP) is 3.29. The zero-order chi connectivity index (χ0) is 14.3. The van der Waals surface area contributed by atoms with Gasteiger partial charge in [-0.15, -0.1) is 11.3 Å². The van der Waals surface area contributed by atoms with Crippen molar-refractivity contribution in [1.82, 2.24) is 4.98 Å². The third kappa shape index (κ3) is 2.10. The van der Waals surface area contributed by atoms with Gasteiger partial charge in [0, 0.05) is 5.56 Å². The monoisotopic (exact) mass is 311 g/mol. The van der Waals surface area contributed by atoms with Gasteiger partial charge in [-0.1, -0.05) is 11.6 Å². The number of benzene rings is 1. The van der Waals surface area contributed by atoms with E-state index in [0.29, 0.717) is 32.1 Å². The highest BCUT2D eigenvalue weighted by Gasteiger charge is 2.22. The van der Waals surface area contributed by atoms with Crippen molar-refractivity contribution in [3.8, 4) is 22.1 Å². The molecule has 2 aromatic rings. The summed E-state index contributed by atoms with van der Waals surface area (Å²) in [7, 11) is 1.35. The van der Waals surface area contributed by atoms with E-state index in [9.17, 15) is 4.79 Å². The van der Waals surface area contributed by atoms with Crippen LogP contribution in [0.1, 0.15) is 15.4 Å². The first kappa shape index (κ1) is 13.2. The fourth-order valence-electron chi connectivity index (χ4n) is 1.89. The SMILES string of the molecule is COC(=O)c1sc(-c2cc(Cl)c3c(c2)OCO3)nc1C. The minimum Gasteiger partial charge on any atom is -0.465 e. The molecule has 0 spiro atoms. The lowest BCUT2D eigenvalue weighted by molar-refractivity contribution is 0.0605. The van der Waals surface area contributed by atoms with E-state index < -0.39 is 5.97 Å². The average molecular weight is 312 g/mol. The van der Waals surface area contributed by atoms with E-state index in [1.165, 1.54) is 18.4 Å². The van der Waals surface area contributed by atoms with Gasteiger partial charge in [-0.2, -0.15) is 0 Å².